The molecule has 0 aliphatic carbocycles. The third-order valence-electron chi connectivity index (χ3n) is 4.08. The third kappa shape index (κ3) is 4.98. The number of benzene rings is 2. The molecule has 1 heterocycles. The Bertz CT molecular complexity index is 987. The van der Waals surface area contributed by atoms with Crippen LogP contribution in [-0.2, 0) is 27.6 Å². The summed E-state index contributed by atoms with van der Waals surface area (Å²) in [6.45, 7) is 0.274. The lowest BCUT2D eigenvalue weighted by molar-refractivity contribution is -0.124. The molecule has 0 aliphatic rings. The first-order valence-electron chi connectivity index (χ1n) is 8.26. The van der Waals surface area contributed by atoms with Gasteiger partial charge in [-0.05, 0) is 33.7 Å². The summed E-state index contributed by atoms with van der Waals surface area (Å²) in [5.41, 5.74) is 1.79. The van der Waals surface area contributed by atoms with E-state index in [9.17, 15) is 13.2 Å². The van der Waals surface area contributed by atoms with Crippen LogP contribution in [0.15, 0.2) is 65.8 Å². The molecule has 140 valence electrons. The maximum atomic E-state index is 12.7. The zero-order valence-corrected chi connectivity index (χ0v) is 15.5. The van der Waals surface area contributed by atoms with Gasteiger partial charge < -0.3 is 5.32 Å². The molecule has 3 rings (SSSR count). The lowest BCUT2D eigenvalue weighted by Gasteiger charge is -2.16. The third-order valence-corrected chi connectivity index (χ3v) is 5.21. The minimum absolute atomic E-state index is 0.224. The van der Waals surface area contributed by atoms with Gasteiger partial charge in [0.2, 0.25) is 5.91 Å². The Kier molecular flexibility index (Phi) is 5.60. The fourth-order valence-corrected chi connectivity index (χ4v) is 3.25. The van der Waals surface area contributed by atoms with Gasteiger partial charge in [0.05, 0.1) is 4.90 Å². The standard InChI is InChI=1S/C18H19N5O3S/c1-27(25,26)16-9-7-15(8-10-16)12-19-18(24)17(23-13-20-21-22-23)11-14-5-3-2-4-6-14/h2-10,13,17H,11-12H2,1H3,(H,19,24). The van der Waals surface area contributed by atoms with Crippen LogP contribution < -0.4 is 5.32 Å². The molecular formula is C18H19N5O3S. The highest BCUT2D eigenvalue weighted by atomic mass is 32.2. The van der Waals surface area contributed by atoms with Crippen LogP contribution in [0.1, 0.15) is 17.2 Å². The number of carbonyl (C=O) groups excluding carboxylic acids is 1. The number of hydrogen-bond acceptors (Lipinski definition) is 6. The predicted octanol–water partition coefficient (Wildman–Crippen LogP) is 1.18. The number of aromatic nitrogens is 4. The van der Waals surface area contributed by atoms with E-state index >= 15 is 0 Å². The van der Waals surface area contributed by atoms with Crippen molar-refractivity contribution in [2.75, 3.05) is 6.26 Å². The van der Waals surface area contributed by atoms with E-state index in [2.05, 4.69) is 20.8 Å². The van der Waals surface area contributed by atoms with Crippen LogP contribution in [0, 0.1) is 0 Å². The van der Waals surface area contributed by atoms with Crippen molar-refractivity contribution < 1.29 is 13.2 Å². The molecule has 0 spiro atoms. The maximum Gasteiger partial charge on any atom is 0.245 e. The smallest absolute Gasteiger partial charge is 0.245 e. The van der Waals surface area contributed by atoms with Gasteiger partial charge in [0.1, 0.15) is 12.4 Å². The highest BCUT2D eigenvalue weighted by Crippen LogP contribution is 2.14. The molecule has 27 heavy (non-hydrogen) atoms. The number of sulfone groups is 1. The Labute approximate surface area is 157 Å². The highest BCUT2D eigenvalue weighted by Gasteiger charge is 2.22. The quantitative estimate of drug-likeness (QED) is 0.654. The Morgan fingerprint density at radius 2 is 1.78 bits per heavy atom. The fraction of sp³-hybridized carbons (Fsp3) is 0.222. The van der Waals surface area contributed by atoms with Gasteiger partial charge >= 0.3 is 0 Å². The normalized spacial score (nSPS) is 12.5. The van der Waals surface area contributed by atoms with Crippen LogP contribution in [0.4, 0.5) is 0 Å². The average molecular weight is 385 g/mol. The Hall–Kier alpha value is -3.07. The number of nitrogens with one attached hydrogen (secondary N) is 1. The van der Waals surface area contributed by atoms with Crippen LogP contribution in [0.5, 0.6) is 0 Å². The molecule has 0 aliphatic heterocycles. The minimum atomic E-state index is -3.24. The summed E-state index contributed by atoms with van der Waals surface area (Å²) in [5, 5.41) is 13.9. The number of nitrogens with zero attached hydrogens (tertiary/aromatic N) is 4. The zero-order valence-electron chi connectivity index (χ0n) is 14.7. The number of hydrogen-bond donors (Lipinski definition) is 1. The lowest BCUT2D eigenvalue weighted by atomic mass is 10.1. The SMILES string of the molecule is CS(=O)(=O)c1ccc(CNC(=O)C(Cc2ccccc2)n2cnnn2)cc1. The van der Waals surface area contributed by atoms with Gasteiger partial charge in [-0.25, -0.2) is 13.1 Å². The lowest BCUT2D eigenvalue weighted by Crippen LogP contribution is -2.34. The van der Waals surface area contributed by atoms with Gasteiger partial charge in [-0.15, -0.1) is 5.10 Å². The van der Waals surface area contributed by atoms with E-state index in [1.807, 2.05) is 30.3 Å². The van der Waals surface area contributed by atoms with Crippen molar-refractivity contribution in [3.63, 3.8) is 0 Å². The number of tetrazole rings is 1. The van der Waals surface area contributed by atoms with Gasteiger partial charge in [-0.1, -0.05) is 42.5 Å². The first kappa shape index (κ1) is 18.7. The highest BCUT2D eigenvalue weighted by molar-refractivity contribution is 7.90. The molecule has 1 aromatic heterocycles. The van der Waals surface area contributed by atoms with Crippen LogP contribution >= 0.6 is 0 Å². The average Bonchev–Trinajstić information content (AvgIpc) is 3.19. The van der Waals surface area contributed by atoms with Crippen LogP contribution in [0.25, 0.3) is 0 Å². The number of amides is 1. The van der Waals surface area contributed by atoms with E-state index in [4.69, 9.17) is 0 Å². The van der Waals surface area contributed by atoms with E-state index in [1.54, 1.807) is 12.1 Å². The van der Waals surface area contributed by atoms with Crippen molar-refractivity contribution in [2.24, 2.45) is 0 Å². The van der Waals surface area contributed by atoms with Gasteiger partial charge in [-0.2, -0.15) is 0 Å². The summed E-state index contributed by atoms with van der Waals surface area (Å²) in [6.07, 6.45) is 3.02. The molecule has 1 N–H and O–H groups in total. The number of carbonyl (C=O) groups is 1. The first-order valence-corrected chi connectivity index (χ1v) is 10.2. The second kappa shape index (κ2) is 8.09. The molecule has 2 aromatic carbocycles. The second-order valence-corrected chi connectivity index (χ2v) is 8.15. The molecule has 9 heteroatoms. The van der Waals surface area contributed by atoms with Gasteiger partial charge in [0.15, 0.2) is 9.84 Å². The number of rotatable bonds is 7. The maximum absolute atomic E-state index is 12.7. The minimum Gasteiger partial charge on any atom is -0.350 e. The fourth-order valence-electron chi connectivity index (χ4n) is 2.62. The molecular weight excluding hydrogens is 366 g/mol. The topological polar surface area (TPSA) is 107 Å². The van der Waals surface area contributed by atoms with E-state index in [0.29, 0.717) is 6.42 Å². The largest absolute Gasteiger partial charge is 0.350 e. The molecule has 8 nitrogen and oxygen atoms in total. The molecule has 0 radical (unpaired) electrons. The summed E-state index contributed by atoms with van der Waals surface area (Å²) < 4.78 is 24.5. The molecule has 3 aromatic rings. The van der Waals surface area contributed by atoms with Crippen molar-refractivity contribution >= 4 is 15.7 Å². The van der Waals surface area contributed by atoms with E-state index in [0.717, 1.165) is 17.4 Å². The molecule has 0 saturated carbocycles. The summed E-state index contributed by atoms with van der Waals surface area (Å²) in [6, 6.07) is 15.4. The van der Waals surface area contributed by atoms with Gasteiger partial charge in [0, 0.05) is 19.2 Å². The van der Waals surface area contributed by atoms with E-state index in [-0.39, 0.29) is 17.3 Å². The Morgan fingerprint density at radius 1 is 1.07 bits per heavy atom. The Morgan fingerprint density at radius 3 is 2.37 bits per heavy atom. The summed E-state index contributed by atoms with van der Waals surface area (Å²) in [7, 11) is -3.24. The van der Waals surface area contributed by atoms with Crippen molar-refractivity contribution in [1.29, 1.82) is 0 Å². The summed E-state index contributed by atoms with van der Waals surface area (Å²) in [5.74, 6) is -0.224. The van der Waals surface area contributed by atoms with E-state index in [1.165, 1.54) is 23.1 Å². The molecule has 1 amide bonds. The molecule has 0 bridgehead atoms. The first-order chi connectivity index (χ1) is 12.9. The van der Waals surface area contributed by atoms with Crippen molar-refractivity contribution in [3.8, 4) is 0 Å². The molecule has 0 fully saturated rings. The summed E-state index contributed by atoms with van der Waals surface area (Å²) in [4.78, 5) is 13.0. The van der Waals surface area contributed by atoms with Crippen molar-refractivity contribution in [2.45, 2.75) is 23.9 Å². The zero-order chi connectivity index (χ0) is 19.3. The molecule has 1 atom stereocenters. The van der Waals surface area contributed by atoms with Crippen molar-refractivity contribution in [1.82, 2.24) is 25.5 Å². The molecule has 0 saturated heterocycles. The van der Waals surface area contributed by atoms with E-state index < -0.39 is 15.9 Å². The van der Waals surface area contributed by atoms with Crippen molar-refractivity contribution in [3.05, 3.63) is 72.1 Å². The second-order valence-electron chi connectivity index (χ2n) is 6.13. The predicted molar refractivity (Wildman–Crippen MR) is 98.4 cm³/mol. The van der Waals surface area contributed by atoms with Crippen LogP contribution in [0.3, 0.4) is 0 Å². The monoisotopic (exact) mass is 385 g/mol. The van der Waals surface area contributed by atoms with Crippen LogP contribution in [0.2, 0.25) is 0 Å². The Balaban J connectivity index is 1.69. The van der Waals surface area contributed by atoms with Gasteiger partial charge in [0.25, 0.3) is 0 Å². The molecule has 1 unspecified atom stereocenters. The summed E-state index contributed by atoms with van der Waals surface area (Å²) >= 11 is 0. The van der Waals surface area contributed by atoms with Crippen LogP contribution in [-0.4, -0.2) is 40.8 Å². The van der Waals surface area contributed by atoms with Gasteiger partial charge in [-0.3, -0.25) is 4.79 Å².